The van der Waals surface area contributed by atoms with E-state index in [1.807, 2.05) is 93.1 Å². The molecular formula is C23H27ClN4O. The molecule has 3 rings (SSSR count). The monoisotopic (exact) mass is 410 g/mol. The van der Waals surface area contributed by atoms with Crippen molar-refractivity contribution in [3.63, 3.8) is 0 Å². The fraction of sp³-hybridized carbons (Fsp3) is 0.304. The molecule has 0 saturated carbocycles. The number of amides is 1. The Kier molecular flexibility index (Phi) is 6.28. The maximum Gasteiger partial charge on any atom is 0.253 e. The minimum Gasteiger partial charge on any atom is -0.378 e. The summed E-state index contributed by atoms with van der Waals surface area (Å²) in [6, 6.07) is 15.4. The number of aromatic nitrogens is 2. The molecule has 0 radical (unpaired) electrons. The van der Waals surface area contributed by atoms with Crippen molar-refractivity contribution in [2.75, 3.05) is 26.0 Å². The Bertz CT molecular complexity index is 1010. The number of benzene rings is 2. The van der Waals surface area contributed by atoms with Gasteiger partial charge in [0.25, 0.3) is 5.91 Å². The molecule has 5 nitrogen and oxygen atoms in total. The van der Waals surface area contributed by atoms with Crippen LogP contribution in [0.15, 0.2) is 48.5 Å². The Balaban J connectivity index is 1.76. The molecule has 0 spiro atoms. The van der Waals surface area contributed by atoms with Crippen molar-refractivity contribution < 1.29 is 4.79 Å². The van der Waals surface area contributed by atoms with Gasteiger partial charge in [-0.3, -0.25) is 9.48 Å². The standard InChI is InChI=1S/C23H27ClN4O/c1-16-21(17(2)28(25-16)14-19-8-6-7-9-22(19)24)15-27(5)23(29)18-10-12-20(13-11-18)26(3)4/h6-13H,14-15H2,1-5H3. The molecule has 0 aliphatic rings. The number of anilines is 1. The maximum atomic E-state index is 12.9. The fourth-order valence-corrected chi connectivity index (χ4v) is 3.53. The summed E-state index contributed by atoms with van der Waals surface area (Å²) < 4.78 is 1.95. The van der Waals surface area contributed by atoms with Crippen LogP contribution in [0.3, 0.4) is 0 Å². The lowest BCUT2D eigenvalue weighted by Crippen LogP contribution is -2.26. The Morgan fingerprint density at radius 3 is 2.31 bits per heavy atom. The summed E-state index contributed by atoms with van der Waals surface area (Å²) in [5.74, 6) is -0.00652. The average Bonchev–Trinajstić information content (AvgIpc) is 2.96. The molecule has 29 heavy (non-hydrogen) atoms. The smallest absolute Gasteiger partial charge is 0.253 e. The van der Waals surface area contributed by atoms with Gasteiger partial charge in [0.15, 0.2) is 0 Å². The van der Waals surface area contributed by atoms with Crippen molar-refractivity contribution in [1.29, 1.82) is 0 Å². The number of rotatable bonds is 6. The predicted molar refractivity (Wildman–Crippen MR) is 119 cm³/mol. The molecule has 0 atom stereocenters. The van der Waals surface area contributed by atoms with E-state index < -0.39 is 0 Å². The third-order valence-electron chi connectivity index (χ3n) is 5.18. The predicted octanol–water partition coefficient (Wildman–Crippen LogP) is 4.54. The van der Waals surface area contributed by atoms with Gasteiger partial charge in [-0.25, -0.2) is 0 Å². The van der Waals surface area contributed by atoms with Gasteiger partial charge in [-0.15, -0.1) is 0 Å². The number of carbonyl (C=O) groups excluding carboxylic acids is 1. The van der Waals surface area contributed by atoms with E-state index >= 15 is 0 Å². The van der Waals surface area contributed by atoms with Crippen LogP contribution in [-0.2, 0) is 13.1 Å². The van der Waals surface area contributed by atoms with Crippen LogP contribution in [0.2, 0.25) is 5.02 Å². The van der Waals surface area contributed by atoms with Crippen molar-refractivity contribution in [2.24, 2.45) is 0 Å². The molecule has 0 fully saturated rings. The molecule has 152 valence electrons. The second kappa shape index (κ2) is 8.70. The van der Waals surface area contributed by atoms with Crippen molar-refractivity contribution in [1.82, 2.24) is 14.7 Å². The van der Waals surface area contributed by atoms with Crippen molar-refractivity contribution >= 4 is 23.2 Å². The van der Waals surface area contributed by atoms with E-state index in [0.29, 0.717) is 18.7 Å². The summed E-state index contributed by atoms with van der Waals surface area (Å²) in [5.41, 5.74) is 5.81. The van der Waals surface area contributed by atoms with Crippen LogP contribution in [0.5, 0.6) is 0 Å². The zero-order chi connectivity index (χ0) is 21.1. The molecule has 0 aliphatic heterocycles. The molecule has 0 bridgehead atoms. The number of hydrogen-bond acceptors (Lipinski definition) is 3. The number of aryl methyl sites for hydroxylation is 1. The van der Waals surface area contributed by atoms with E-state index in [1.54, 1.807) is 4.90 Å². The van der Waals surface area contributed by atoms with E-state index in [1.165, 1.54) is 0 Å². The van der Waals surface area contributed by atoms with E-state index in [-0.39, 0.29) is 5.91 Å². The van der Waals surface area contributed by atoms with Crippen molar-refractivity contribution in [2.45, 2.75) is 26.9 Å². The number of halogens is 1. The van der Waals surface area contributed by atoms with E-state index in [4.69, 9.17) is 11.6 Å². The highest BCUT2D eigenvalue weighted by Gasteiger charge is 2.18. The van der Waals surface area contributed by atoms with E-state index in [2.05, 4.69) is 5.10 Å². The maximum absolute atomic E-state index is 12.9. The number of carbonyl (C=O) groups is 1. The van der Waals surface area contributed by atoms with Crippen molar-refractivity contribution in [3.05, 3.63) is 81.6 Å². The van der Waals surface area contributed by atoms with Crippen LogP contribution in [0, 0.1) is 13.8 Å². The van der Waals surface area contributed by atoms with Crippen LogP contribution >= 0.6 is 11.6 Å². The van der Waals surface area contributed by atoms with Gasteiger partial charge in [0.1, 0.15) is 0 Å². The quantitative estimate of drug-likeness (QED) is 0.599. The fourth-order valence-electron chi connectivity index (χ4n) is 3.34. The molecule has 0 aliphatic carbocycles. The number of nitrogens with zero attached hydrogens (tertiary/aromatic N) is 4. The van der Waals surface area contributed by atoms with Crippen LogP contribution in [0.4, 0.5) is 5.69 Å². The highest BCUT2D eigenvalue weighted by atomic mass is 35.5. The lowest BCUT2D eigenvalue weighted by Gasteiger charge is -2.19. The minimum absolute atomic E-state index is 0.00652. The molecule has 1 amide bonds. The van der Waals surface area contributed by atoms with Gasteiger partial charge in [-0.1, -0.05) is 29.8 Å². The Morgan fingerprint density at radius 1 is 1.03 bits per heavy atom. The molecule has 0 saturated heterocycles. The molecule has 1 aromatic heterocycles. The summed E-state index contributed by atoms with van der Waals surface area (Å²) in [6.45, 7) is 5.14. The first-order valence-corrected chi connectivity index (χ1v) is 9.95. The van der Waals surface area contributed by atoms with Crippen LogP contribution < -0.4 is 4.90 Å². The summed E-state index contributed by atoms with van der Waals surface area (Å²) in [4.78, 5) is 16.6. The van der Waals surface area contributed by atoms with E-state index in [9.17, 15) is 4.79 Å². The van der Waals surface area contributed by atoms with Gasteiger partial charge in [0, 0.05) is 55.2 Å². The molecule has 0 unspecified atom stereocenters. The second-order valence-electron chi connectivity index (χ2n) is 7.50. The van der Waals surface area contributed by atoms with Gasteiger partial charge >= 0.3 is 0 Å². The highest BCUT2D eigenvalue weighted by Crippen LogP contribution is 2.21. The normalized spacial score (nSPS) is 10.8. The van der Waals surface area contributed by atoms with Crippen LogP contribution in [-0.4, -0.2) is 41.7 Å². The zero-order valence-corrected chi connectivity index (χ0v) is 18.4. The van der Waals surface area contributed by atoms with Gasteiger partial charge < -0.3 is 9.80 Å². The van der Waals surface area contributed by atoms with E-state index in [0.717, 1.165) is 33.2 Å². The average molecular weight is 411 g/mol. The summed E-state index contributed by atoms with van der Waals surface area (Å²) in [6.07, 6.45) is 0. The van der Waals surface area contributed by atoms with Gasteiger partial charge in [0.05, 0.1) is 12.2 Å². The number of hydrogen-bond donors (Lipinski definition) is 0. The lowest BCUT2D eigenvalue weighted by molar-refractivity contribution is 0.0784. The second-order valence-corrected chi connectivity index (χ2v) is 7.91. The first kappa shape index (κ1) is 20.9. The highest BCUT2D eigenvalue weighted by molar-refractivity contribution is 6.31. The molecule has 2 aromatic carbocycles. The topological polar surface area (TPSA) is 41.4 Å². The SMILES string of the molecule is Cc1nn(Cc2ccccc2Cl)c(C)c1CN(C)C(=O)c1ccc(N(C)C)cc1. The third kappa shape index (κ3) is 4.62. The Morgan fingerprint density at radius 2 is 1.69 bits per heavy atom. The first-order valence-electron chi connectivity index (χ1n) is 9.57. The van der Waals surface area contributed by atoms with Crippen molar-refractivity contribution in [3.8, 4) is 0 Å². The van der Waals surface area contributed by atoms with Gasteiger partial charge in [-0.05, 0) is 49.7 Å². The van der Waals surface area contributed by atoms with Crippen LogP contribution in [0.1, 0.15) is 32.9 Å². The molecule has 0 N–H and O–H groups in total. The molecular weight excluding hydrogens is 384 g/mol. The summed E-state index contributed by atoms with van der Waals surface area (Å²) in [7, 11) is 5.79. The van der Waals surface area contributed by atoms with Gasteiger partial charge in [-0.2, -0.15) is 5.10 Å². The lowest BCUT2D eigenvalue weighted by atomic mass is 10.1. The Labute approximate surface area is 177 Å². The van der Waals surface area contributed by atoms with Gasteiger partial charge in [0.2, 0.25) is 0 Å². The summed E-state index contributed by atoms with van der Waals surface area (Å²) in [5, 5.41) is 5.41. The largest absolute Gasteiger partial charge is 0.378 e. The van der Waals surface area contributed by atoms with Crippen LogP contribution in [0.25, 0.3) is 0 Å². The first-order chi connectivity index (χ1) is 13.8. The zero-order valence-electron chi connectivity index (χ0n) is 17.6. The molecule has 1 heterocycles. The third-order valence-corrected chi connectivity index (χ3v) is 5.55. The summed E-state index contributed by atoms with van der Waals surface area (Å²) >= 11 is 6.30. The molecule has 6 heteroatoms. The minimum atomic E-state index is -0.00652. The Hall–Kier alpha value is -2.79. The molecule has 3 aromatic rings.